The summed E-state index contributed by atoms with van der Waals surface area (Å²) in [4.78, 5) is 17.2. The molecule has 0 aromatic carbocycles. The average molecular weight is 550 g/mol. The second-order valence-electron chi connectivity index (χ2n) is 9.84. The van der Waals surface area contributed by atoms with E-state index in [1.165, 1.54) is 11.1 Å². The molecule has 0 spiro atoms. The Morgan fingerprint density at radius 3 is 2.31 bits per heavy atom. The zero-order valence-corrected chi connectivity index (χ0v) is 25.7. The lowest BCUT2D eigenvalue weighted by Gasteiger charge is -2.24. The van der Waals surface area contributed by atoms with Crippen molar-refractivity contribution in [3.8, 4) is 0 Å². The number of carbonyl (C=O) groups is 1. The first-order chi connectivity index (χ1) is 18.5. The van der Waals surface area contributed by atoms with Crippen LogP contribution in [-0.2, 0) is 11.2 Å². The molecule has 1 amide bonds. The summed E-state index contributed by atoms with van der Waals surface area (Å²) in [7, 11) is 6.11. The number of aryl methyl sites for hydroxylation is 1. The van der Waals surface area contributed by atoms with Gasteiger partial charge in [-0.15, -0.1) is 5.10 Å². The third kappa shape index (κ3) is 14.0. The minimum absolute atomic E-state index is 0.0830. The van der Waals surface area contributed by atoms with Crippen molar-refractivity contribution >= 4 is 23.5 Å². The molecule has 1 rings (SSSR count). The second kappa shape index (κ2) is 18.2. The lowest BCUT2D eigenvalue weighted by Crippen LogP contribution is -2.15. The largest absolute Gasteiger partial charge is 0.343 e. The van der Waals surface area contributed by atoms with Crippen LogP contribution in [0.3, 0.4) is 0 Å². The van der Waals surface area contributed by atoms with E-state index < -0.39 is 0 Å². The number of hydrogen-bond acceptors (Lipinski definition) is 6. The lowest BCUT2D eigenvalue weighted by molar-refractivity contribution is -0.115. The maximum absolute atomic E-state index is 12.0. The molecule has 0 atom stereocenters. The van der Waals surface area contributed by atoms with E-state index >= 15 is 0 Å². The Labute approximate surface area is 241 Å². The smallest absolute Gasteiger partial charge is 0.229 e. The molecule has 0 bridgehead atoms. The molecule has 0 aliphatic rings. The number of carbonyl (C=O) groups excluding carboxylic acids is 1. The van der Waals surface area contributed by atoms with Crippen LogP contribution in [0.1, 0.15) is 58.6 Å². The Bertz CT molecular complexity index is 1100. The molecule has 0 saturated carbocycles. The van der Waals surface area contributed by atoms with Gasteiger partial charge in [0.1, 0.15) is 0 Å². The standard InChI is InChI=1S/C32H47N5OS/c1-11-24(4)20-32(38)33-31-19-18-30(34-35-31)17-15-14-16-26(6)39-27(7)37(10)25(5)21-28(12-2)22-29(13-3)23-36(8)9/h11-13,18-19,22H,3,5-7,14-17,20-21,23H2,1-2,4,8-10H3,(H,33,35,38)/b24-11+,28-12-,29-22+. The maximum atomic E-state index is 12.0. The normalized spacial score (nSPS) is 12.3. The fraction of sp³-hybridized carbons (Fsp3) is 0.406. The fourth-order valence-corrected chi connectivity index (χ4v) is 4.40. The highest BCUT2D eigenvalue weighted by molar-refractivity contribution is 8.06. The van der Waals surface area contributed by atoms with Gasteiger partial charge in [-0.2, -0.15) is 5.10 Å². The first-order valence-electron chi connectivity index (χ1n) is 13.3. The SMILES string of the molecule is C=C/C(=C\C(=C/C)CC(=C)N(C)C(=C)SC(=C)CCCCc1ccc(NC(=O)C/C(C)=C/C)nn1)CN(C)C. The molecule has 39 heavy (non-hydrogen) atoms. The van der Waals surface area contributed by atoms with Crippen LogP contribution in [0.5, 0.6) is 0 Å². The molecule has 1 aromatic heterocycles. The summed E-state index contributed by atoms with van der Waals surface area (Å²) in [6, 6.07) is 3.73. The van der Waals surface area contributed by atoms with Crippen molar-refractivity contribution in [1.29, 1.82) is 0 Å². The molecule has 1 aromatic rings. The van der Waals surface area contributed by atoms with Crippen LogP contribution >= 0.6 is 11.8 Å². The zero-order valence-electron chi connectivity index (χ0n) is 24.8. The molecule has 1 heterocycles. The van der Waals surface area contributed by atoms with E-state index in [-0.39, 0.29) is 5.91 Å². The van der Waals surface area contributed by atoms with Gasteiger partial charge in [0.2, 0.25) is 5.91 Å². The highest BCUT2D eigenvalue weighted by atomic mass is 32.2. The monoisotopic (exact) mass is 549 g/mol. The molecule has 0 saturated heterocycles. The second-order valence-corrected chi connectivity index (χ2v) is 11.1. The number of unbranched alkanes of at least 4 members (excludes halogenated alkanes) is 1. The highest BCUT2D eigenvalue weighted by Gasteiger charge is 2.11. The van der Waals surface area contributed by atoms with E-state index in [1.54, 1.807) is 11.8 Å². The Balaban J connectivity index is 2.45. The van der Waals surface area contributed by atoms with E-state index in [0.717, 1.165) is 65.5 Å². The van der Waals surface area contributed by atoms with Gasteiger partial charge in [0.05, 0.1) is 10.7 Å². The number of hydrogen-bond donors (Lipinski definition) is 1. The number of allylic oxidation sites excluding steroid dienone is 5. The molecule has 0 aliphatic carbocycles. The molecule has 212 valence electrons. The zero-order chi connectivity index (χ0) is 29.4. The van der Waals surface area contributed by atoms with Crippen molar-refractivity contribution in [3.05, 3.63) is 101 Å². The summed E-state index contributed by atoms with van der Waals surface area (Å²) in [5.74, 6) is 0.398. The van der Waals surface area contributed by atoms with Crippen LogP contribution in [0.25, 0.3) is 0 Å². The first-order valence-corrected chi connectivity index (χ1v) is 14.1. The van der Waals surface area contributed by atoms with Crippen LogP contribution < -0.4 is 5.32 Å². The third-order valence-corrected chi connectivity index (χ3v) is 7.08. The molecule has 7 heteroatoms. The number of nitrogens with one attached hydrogen (secondary N) is 1. The van der Waals surface area contributed by atoms with Gasteiger partial charge in [0.15, 0.2) is 5.82 Å². The minimum atomic E-state index is -0.0830. The molecular weight excluding hydrogens is 502 g/mol. The lowest BCUT2D eigenvalue weighted by atomic mass is 10.1. The molecule has 0 fully saturated rings. The summed E-state index contributed by atoms with van der Waals surface area (Å²) in [5, 5.41) is 12.1. The van der Waals surface area contributed by atoms with Crippen molar-refractivity contribution in [2.45, 2.75) is 59.3 Å². The summed E-state index contributed by atoms with van der Waals surface area (Å²) >= 11 is 1.60. The number of aromatic nitrogens is 2. The van der Waals surface area contributed by atoms with E-state index in [4.69, 9.17) is 0 Å². The molecule has 0 unspecified atom stereocenters. The van der Waals surface area contributed by atoms with Gasteiger partial charge >= 0.3 is 0 Å². The van der Waals surface area contributed by atoms with Crippen molar-refractivity contribution in [2.75, 3.05) is 33.0 Å². The number of likely N-dealkylation sites (N-methyl/N-ethyl adjacent to an activating group) is 1. The van der Waals surface area contributed by atoms with Crippen LogP contribution in [0.4, 0.5) is 5.82 Å². The third-order valence-electron chi connectivity index (χ3n) is 6.08. The van der Waals surface area contributed by atoms with E-state index in [1.807, 2.05) is 57.0 Å². The molecule has 0 aliphatic heterocycles. The Morgan fingerprint density at radius 1 is 1.03 bits per heavy atom. The van der Waals surface area contributed by atoms with Crippen molar-refractivity contribution < 1.29 is 4.79 Å². The number of anilines is 1. The van der Waals surface area contributed by atoms with Gasteiger partial charge in [0.25, 0.3) is 0 Å². The van der Waals surface area contributed by atoms with Crippen LogP contribution in [-0.4, -0.2) is 53.6 Å². The summed E-state index contributed by atoms with van der Waals surface area (Å²) in [6.07, 6.45) is 12.9. The Kier molecular flexibility index (Phi) is 15.8. The van der Waals surface area contributed by atoms with Crippen molar-refractivity contribution in [1.82, 2.24) is 20.0 Å². The Hall–Kier alpha value is -3.16. The average Bonchev–Trinajstić information content (AvgIpc) is 2.89. The number of thioether (sulfide) groups is 1. The molecule has 6 nitrogen and oxygen atoms in total. The van der Waals surface area contributed by atoms with Crippen molar-refractivity contribution in [3.63, 3.8) is 0 Å². The van der Waals surface area contributed by atoms with Gasteiger partial charge < -0.3 is 15.1 Å². The molecule has 0 radical (unpaired) electrons. The predicted octanol–water partition coefficient (Wildman–Crippen LogP) is 7.66. The maximum Gasteiger partial charge on any atom is 0.229 e. The van der Waals surface area contributed by atoms with Crippen LogP contribution in [0.15, 0.2) is 95.1 Å². The van der Waals surface area contributed by atoms with E-state index in [0.29, 0.717) is 12.2 Å². The minimum Gasteiger partial charge on any atom is -0.343 e. The van der Waals surface area contributed by atoms with Crippen molar-refractivity contribution in [2.24, 2.45) is 0 Å². The number of nitrogens with zero attached hydrogens (tertiary/aromatic N) is 4. The van der Waals surface area contributed by atoms with Gasteiger partial charge in [0, 0.05) is 32.1 Å². The van der Waals surface area contributed by atoms with Gasteiger partial charge in [-0.1, -0.05) is 68.0 Å². The highest BCUT2D eigenvalue weighted by Crippen LogP contribution is 2.31. The molecular formula is C32H47N5OS. The summed E-state index contributed by atoms with van der Waals surface area (Å²) < 4.78 is 0. The van der Waals surface area contributed by atoms with Gasteiger partial charge in [-0.3, -0.25) is 4.79 Å². The predicted molar refractivity (Wildman–Crippen MR) is 170 cm³/mol. The number of rotatable bonds is 18. The quantitative estimate of drug-likeness (QED) is 0.115. The summed E-state index contributed by atoms with van der Waals surface area (Å²) in [6.45, 7) is 23.5. The first kappa shape index (κ1) is 33.9. The van der Waals surface area contributed by atoms with Crippen LogP contribution in [0.2, 0.25) is 0 Å². The van der Waals surface area contributed by atoms with Crippen LogP contribution in [0, 0.1) is 0 Å². The topological polar surface area (TPSA) is 61.4 Å². The Morgan fingerprint density at radius 2 is 1.74 bits per heavy atom. The van der Waals surface area contributed by atoms with E-state index in [9.17, 15) is 4.79 Å². The van der Waals surface area contributed by atoms with Gasteiger partial charge in [-0.05, 0) is 88.7 Å². The van der Waals surface area contributed by atoms with E-state index in [2.05, 4.69) is 73.0 Å². The molecule has 1 N–H and O–H groups in total. The van der Waals surface area contributed by atoms with Gasteiger partial charge in [-0.25, -0.2) is 0 Å². The fourth-order valence-electron chi connectivity index (χ4n) is 3.56. The number of amides is 1. The summed E-state index contributed by atoms with van der Waals surface area (Å²) in [5.41, 5.74) is 5.28.